The number of benzene rings is 1. The van der Waals surface area contributed by atoms with Gasteiger partial charge in [0, 0.05) is 22.8 Å². The van der Waals surface area contributed by atoms with E-state index in [-0.39, 0.29) is 40.2 Å². The Bertz CT molecular complexity index is 836. The van der Waals surface area contributed by atoms with Gasteiger partial charge in [-0.1, -0.05) is 51.1 Å². The maximum Gasteiger partial charge on any atom is 0.238 e. The summed E-state index contributed by atoms with van der Waals surface area (Å²) >= 11 is 1.71. The molecule has 0 aromatic heterocycles. The van der Waals surface area contributed by atoms with Crippen LogP contribution in [0.2, 0.25) is 0 Å². The minimum atomic E-state index is -3.50. The van der Waals surface area contributed by atoms with Crippen LogP contribution in [0.25, 0.3) is 0 Å². The van der Waals surface area contributed by atoms with Crippen molar-refractivity contribution >= 4 is 27.7 Å². The highest BCUT2D eigenvalue weighted by Crippen LogP contribution is 2.70. The van der Waals surface area contributed by atoms with Crippen molar-refractivity contribution in [1.29, 1.82) is 0 Å². The van der Waals surface area contributed by atoms with Crippen molar-refractivity contribution in [3.63, 3.8) is 0 Å². The van der Waals surface area contributed by atoms with Crippen molar-refractivity contribution in [1.82, 2.24) is 4.31 Å². The molecule has 1 aromatic rings. The Morgan fingerprint density at radius 2 is 2.00 bits per heavy atom. The summed E-state index contributed by atoms with van der Waals surface area (Å²) in [5.74, 6) is 1.34. The van der Waals surface area contributed by atoms with Gasteiger partial charge in [-0.3, -0.25) is 4.79 Å². The molecule has 0 N–H and O–H groups in total. The molecule has 3 aliphatic rings. The Hall–Kier alpha value is -1.01. The van der Waals surface area contributed by atoms with Gasteiger partial charge in [-0.25, -0.2) is 12.7 Å². The molecule has 27 heavy (non-hydrogen) atoms. The lowest BCUT2D eigenvalue weighted by Gasteiger charge is -2.37. The summed E-state index contributed by atoms with van der Waals surface area (Å²) in [7, 11) is -3.50. The van der Waals surface area contributed by atoms with Crippen LogP contribution in [-0.2, 0) is 20.6 Å². The third-order valence-corrected chi connectivity index (χ3v) is 10.7. The summed E-state index contributed by atoms with van der Waals surface area (Å²) in [5, 5.41) is 0.0936. The van der Waals surface area contributed by atoms with Crippen LogP contribution in [0.4, 0.5) is 0 Å². The highest BCUT2D eigenvalue weighted by molar-refractivity contribution is 7.99. The smallest absolute Gasteiger partial charge is 0.238 e. The highest BCUT2D eigenvalue weighted by atomic mass is 32.2. The fourth-order valence-electron chi connectivity index (χ4n) is 5.82. The molecule has 1 spiro atoms. The van der Waals surface area contributed by atoms with Crippen molar-refractivity contribution in [2.45, 2.75) is 63.5 Å². The normalized spacial score (nSPS) is 33.8. The van der Waals surface area contributed by atoms with Gasteiger partial charge < -0.3 is 0 Å². The lowest BCUT2D eigenvalue weighted by atomic mass is 9.69. The zero-order chi connectivity index (χ0) is 19.4. The average Bonchev–Trinajstić information content (AvgIpc) is 3.08. The largest absolute Gasteiger partial charge is 0.274 e. The SMILES string of the molecule is CC(CC(=O)N1C2CC3CCC2(CS1(=O)=O)C3(C)C)SCc1ccccc1. The molecule has 2 aliphatic carbocycles. The molecule has 2 saturated carbocycles. The molecule has 4 rings (SSSR count). The number of fused-ring (bicyclic) bond motifs is 1. The first kappa shape index (κ1) is 19.3. The Labute approximate surface area is 167 Å². The van der Waals surface area contributed by atoms with Crippen molar-refractivity contribution in [2.24, 2.45) is 16.7 Å². The molecular formula is C21H29NO3S2. The van der Waals surface area contributed by atoms with Crippen LogP contribution in [0.15, 0.2) is 30.3 Å². The number of hydrogen-bond acceptors (Lipinski definition) is 4. The first-order valence-corrected chi connectivity index (χ1v) is 12.5. The predicted molar refractivity (Wildman–Crippen MR) is 110 cm³/mol. The van der Waals surface area contributed by atoms with Crippen molar-refractivity contribution in [3.8, 4) is 0 Å². The summed E-state index contributed by atoms with van der Waals surface area (Å²) in [5.41, 5.74) is 1.00. The number of hydrogen-bond donors (Lipinski definition) is 0. The Balaban J connectivity index is 1.46. The second kappa shape index (κ2) is 6.51. The molecule has 1 aliphatic heterocycles. The van der Waals surface area contributed by atoms with E-state index in [0.717, 1.165) is 25.0 Å². The number of carbonyl (C=O) groups excluding carboxylic acids is 1. The quantitative estimate of drug-likeness (QED) is 0.738. The number of amides is 1. The highest BCUT2D eigenvalue weighted by Gasteiger charge is 2.72. The number of thioether (sulfide) groups is 1. The second-order valence-corrected chi connectivity index (χ2v) is 12.4. The lowest BCUT2D eigenvalue weighted by Crippen LogP contribution is -2.44. The van der Waals surface area contributed by atoms with Gasteiger partial charge in [0.05, 0.1) is 11.8 Å². The van der Waals surface area contributed by atoms with Crippen LogP contribution >= 0.6 is 11.8 Å². The van der Waals surface area contributed by atoms with E-state index in [4.69, 9.17) is 0 Å². The Morgan fingerprint density at radius 3 is 2.67 bits per heavy atom. The van der Waals surface area contributed by atoms with Gasteiger partial charge in [-0.05, 0) is 36.2 Å². The van der Waals surface area contributed by atoms with E-state index < -0.39 is 10.0 Å². The Kier molecular flexibility index (Phi) is 4.66. The van der Waals surface area contributed by atoms with E-state index in [2.05, 4.69) is 26.0 Å². The van der Waals surface area contributed by atoms with Gasteiger partial charge in [0.2, 0.25) is 15.9 Å². The molecule has 0 radical (unpaired) electrons. The number of sulfonamides is 1. The summed E-state index contributed by atoms with van der Waals surface area (Å²) in [4.78, 5) is 13.0. The molecule has 1 amide bonds. The van der Waals surface area contributed by atoms with Crippen molar-refractivity contribution in [2.75, 3.05) is 5.75 Å². The average molecular weight is 408 g/mol. The van der Waals surface area contributed by atoms with Gasteiger partial charge in [0.15, 0.2) is 0 Å². The minimum absolute atomic E-state index is 0.00738. The van der Waals surface area contributed by atoms with Gasteiger partial charge >= 0.3 is 0 Å². The van der Waals surface area contributed by atoms with Crippen LogP contribution in [0.5, 0.6) is 0 Å². The monoisotopic (exact) mass is 407 g/mol. The summed E-state index contributed by atoms with van der Waals surface area (Å²) < 4.78 is 27.2. The molecule has 1 saturated heterocycles. The molecule has 148 valence electrons. The zero-order valence-electron chi connectivity index (χ0n) is 16.3. The maximum atomic E-state index is 13.0. The second-order valence-electron chi connectivity index (χ2n) is 9.12. The molecule has 1 aromatic carbocycles. The van der Waals surface area contributed by atoms with E-state index in [0.29, 0.717) is 5.92 Å². The third kappa shape index (κ3) is 2.94. The predicted octanol–water partition coefficient (Wildman–Crippen LogP) is 4.07. The first-order chi connectivity index (χ1) is 12.7. The molecule has 4 atom stereocenters. The van der Waals surface area contributed by atoms with Crippen LogP contribution < -0.4 is 0 Å². The van der Waals surface area contributed by atoms with E-state index in [1.54, 1.807) is 11.8 Å². The minimum Gasteiger partial charge on any atom is -0.274 e. The van der Waals surface area contributed by atoms with E-state index in [9.17, 15) is 13.2 Å². The van der Waals surface area contributed by atoms with Crippen molar-refractivity contribution < 1.29 is 13.2 Å². The van der Waals surface area contributed by atoms with Crippen LogP contribution in [-0.4, -0.2) is 35.7 Å². The fourth-order valence-corrected chi connectivity index (χ4v) is 9.31. The van der Waals surface area contributed by atoms with Gasteiger partial charge in [0.25, 0.3) is 0 Å². The molecule has 1 heterocycles. The van der Waals surface area contributed by atoms with Crippen LogP contribution in [0.3, 0.4) is 0 Å². The van der Waals surface area contributed by atoms with E-state index in [1.165, 1.54) is 9.87 Å². The number of nitrogens with zero attached hydrogens (tertiary/aromatic N) is 1. The molecule has 4 unspecified atom stereocenters. The lowest BCUT2D eigenvalue weighted by molar-refractivity contribution is -0.128. The van der Waals surface area contributed by atoms with Gasteiger partial charge in [-0.2, -0.15) is 11.8 Å². The maximum absolute atomic E-state index is 13.0. The number of rotatable bonds is 5. The Morgan fingerprint density at radius 1 is 1.30 bits per heavy atom. The molecule has 2 bridgehead atoms. The molecule has 4 nitrogen and oxygen atoms in total. The standard InChI is InChI=1S/C21H29NO3S2/c1-15(26-13-16-7-5-4-6-8-16)11-19(23)22-18-12-17-9-10-21(18,20(17,2)3)14-27(22,24)25/h4-8,15,17-18H,9-14H2,1-3H3. The van der Waals surface area contributed by atoms with Gasteiger partial charge in [0.1, 0.15) is 0 Å². The topological polar surface area (TPSA) is 54.5 Å². The molecular weight excluding hydrogens is 378 g/mol. The first-order valence-electron chi connectivity index (χ1n) is 9.88. The molecule has 3 fully saturated rings. The van der Waals surface area contributed by atoms with Gasteiger partial charge in [-0.15, -0.1) is 0 Å². The summed E-state index contributed by atoms with van der Waals surface area (Å²) in [6, 6.07) is 10.1. The summed E-state index contributed by atoms with van der Waals surface area (Å²) in [6.07, 6.45) is 3.18. The van der Waals surface area contributed by atoms with Crippen LogP contribution in [0.1, 0.15) is 52.0 Å². The zero-order valence-corrected chi connectivity index (χ0v) is 18.0. The molecule has 6 heteroatoms. The number of carbonyl (C=O) groups is 1. The fraction of sp³-hybridized carbons (Fsp3) is 0.667. The van der Waals surface area contributed by atoms with E-state index >= 15 is 0 Å². The third-order valence-electron chi connectivity index (χ3n) is 7.50. The van der Waals surface area contributed by atoms with Crippen LogP contribution in [0, 0.1) is 16.7 Å². The van der Waals surface area contributed by atoms with Crippen molar-refractivity contribution in [3.05, 3.63) is 35.9 Å². The summed E-state index contributed by atoms with van der Waals surface area (Å²) in [6.45, 7) is 6.45. The van der Waals surface area contributed by atoms with E-state index in [1.807, 2.05) is 25.1 Å².